The maximum atomic E-state index is 12.9. The first-order chi connectivity index (χ1) is 12.6. The number of halogens is 1. The average molecular weight is 354 g/mol. The molecule has 0 saturated carbocycles. The Labute approximate surface area is 150 Å². The third-order valence-electron chi connectivity index (χ3n) is 4.06. The van der Waals surface area contributed by atoms with Crippen LogP contribution in [0, 0.1) is 5.82 Å². The Bertz CT molecular complexity index is 981. The number of carbonyl (C=O) groups is 1. The first-order valence-electron chi connectivity index (χ1n) is 8.35. The number of fused-ring (bicyclic) bond motifs is 1. The van der Waals surface area contributed by atoms with Crippen LogP contribution in [-0.4, -0.2) is 17.1 Å². The van der Waals surface area contributed by atoms with Gasteiger partial charge in [0.05, 0.1) is 5.52 Å². The van der Waals surface area contributed by atoms with Crippen molar-refractivity contribution in [1.29, 1.82) is 0 Å². The number of aryl methyl sites for hydroxylation is 1. The molecule has 5 nitrogen and oxygen atoms in total. The molecule has 1 heterocycles. The van der Waals surface area contributed by atoms with Crippen LogP contribution < -0.4 is 15.6 Å². The van der Waals surface area contributed by atoms with Gasteiger partial charge in [0.2, 0.25) is 0 Å². The third kappa shape index (κ3) is 3.91. The predicted molar refractivity (Wildman–Crippen MR) is 97.6 cm³/mol. The van der Waals surface area contributed by atoms with E-state index >= 15 is 0 Å². The molecule has 0 saturated heterocycles. The van der Waals surface area contributed by atoms with Crippen molar-refractivity contribution in [2.75, 3.05) is 6.61 Å². The molecule has 26 heavy (non-hydrogen) atoms. The van der Waals surface area contributed by atoms with Gasteiger partial charge < -0.3 is 14.6 Å². The normalized spacial score (nSPS) is 10.7. The summed E-state index contributed by atoms with van der Waals surface area (Å²) in [5, 5.41) is 3.48. The van der Waals surface area contributed by atoms with Crippen LogP contribution in [0.1, 0.15) is 12.5 Å². The van der Waals surface area contributed by atoms with Crippen molar-refractivity contribution in [2.24, 2.45) is 0 Å². The fraction of sp³-hybridized carbons (Fsp3) is 0.200. The Kier molecular flexibility index (Phi) is 5.31. The number of pyridine rings is 1. The number of carbonyl (C=O) groups excluding carboxylic acids is 1. The molecule has 0 bridgehead atoms. The molecule has 134 valence electrons. The van der Waals surface area contributed by atoms with E-state index in [1.54, 1.807) is 16.7 Å². The van der Waals surface area contributed by atoms with E-state index in [1.807, 2.05) is 31.2 Å². The highest BCUT2D eigenvalue weighted by molar-refractivity contribution is 5.86. The molecule has 0 spiro atoms. The molecular weight excluding hydrogens is 335 g/mol. The van der Waals surface area contributed by atoms with Crippen molar-refractivity contribution in [3.63, 3.8) is 0 Å². The molecule has 0 aliphatic heterocycles. The summed E-state index contributed by atoms with van der Waals surface area (Å²) in [7, 11) is 0. The lowest BCUT2D eigenvalue weighted by Gasteiger charge is -2.13. The van der Waals surface area contributed by atoms with Crippen molar-refractivity contribution in [2.45, 2.75) is 20.0 Å². The minimum atomic E-state index is -0.322. The van der Waals surface area contributed by atoms with Crippen molar-refractivity contribution in [3.05, 3.63) is 76.3 Å². The molecule has 1 aromatic heterocycles. The quantitative estimate of drug-likeness (QED) is 0.740. The van der Waals surface area contributed by atoms with Crippen molar-refractivity contribution >= 4 is 16.8 Å². The Hall–Kier alpha value is -3.15. The Morgan fingerprint density at radius 1 is 1.15 bits per heavy atom. The van der Waals surface area contributed by atoms with Crippen LogP contribution in [0.25, 0.3) is 10.9 Å². The first-order valence-corrected chi connectivity index (χ1v) is 8.35. The number of para-hydroxylation sites is 1. The molecule has 0 aliphatic carbocycles. The van der Waals surface area contributed by atoms with Gasteiger partial charge in [0.1, 0.15) is 11.6 Å². The zero-order valence-electron chi connectivity index (χ0n) is 14.4. The summed E-state index contributed by atoms with van der Waals surface area (Å²) in [4.78, 5) is 24.2. The number of hydrogen-bond acceptors (Lipinski definition) is 3. The summed E-state index contributed by atoms with van der Waals surface area (Å²) in [5.74, 6) is -0.262. The van der Waals surface area contributed by atoms with Gasteiger partial charge in [-0.25, -0.2) is 4.39 Å². The number of nitrogens with one attached hydrogen (secondary N) is 1. The van der Waals surface area contributed by atoms with E-state index in [2.05, 4.69) is 5.32 Å². The Morgan fingerprint density at radius 3 is 2.62 bits per heavy atom. The van der Waals surface area contributed by atoms with E-state index in [0.29, 0.717) is 12.3 Å². The number of ether oxygens (including phenoxy) is 1. The van der Waals surface area contributed by atoms with Crippen LogP contribution in [0.4, 0.5) is 4.39 Å². The van der Waals surface area contributed by atoms with Crippen LogP contribution in [0.15, 0.2) is 59.4 Å². The fourth-order valence-electron chi connectivity index (χ4n) is 2.75. The van der Waals surface area contributed by atoms with Crippen molar-refractivity contribution < 1.29 is 13.9 Å². The molecule has 0 atom stereocenters. The lowest BCUT2D eigenvalue weighted by Crippen LogP contribution is -2.29. The van der Waals surface area contributed by atoms with Gasteiger partial charge in [0.15, 0.2) is 6.61 Å². The van der Waals surface area contributed by atoms with Gasteiger partial charge in [-0.2, -0.15) is 0 Å². The summed E-state index contributed by atoms with van der Waals surface area (Å²) < 4.78 is 20.1. The predicted octanol–water partition coefficient (Wildman–Crippen LogP) is 2.86. The molecular formula is C20H19FN2O3. The van der Waals surface area contributed by atoms with Gasteiger partial charge in [-0.05, 0) is 36.8 Å². The first kappa shape index (κ1) is 17.7. The zero-order chi connectivity index (χ0) is 18.5. The highest BCUT2D eigenvalue weighted by Gasteiger charge is 2.10. The zero-order valence-corrected chi connectivity index (χ0v) is 14.4. The van der Waals surface area contributed by atoms with Crippen molar-refractivity contribution in [1.82, 2.24) is 9.88 Å². The lowest BCUT2D eigenvalue weighted by molar-refractivity contribution is -0.123. The van der Waals surface area contributed by atoms with Gasteiger partial charge in [0, 0.05) is 24.5 Å². The molecule has 0 radical (unpaired) electrons. The number of hydrogen-bond donors (Lipinski definition) is 1. The highest BCUT2D eigenvalue weighted by Crippen LogP contribution is 2.23. The van der Waals surface area contributed by atoms with Crippen LogP contribution in [0.2, 0.25) is 0 Å². The van der Waals surface area contributed by atoms with E-state index in [4.69, 9.17) is 4.74 Å². The largest absolute Gasteiger partial charge is 0.483 e. The second-order valence-corrected chi connectivity index (χ2v) is 5.80. The van der Waals surface area contributed by atoms with E-state index < -0.39 is 0 Å². The Balaban J connectivity index is 1.68. The smallest absolute Gasteiger partial charge is 0.258 e. The van der Waals surface area contributed by atoms with E-state index in [9.17, 15) is 14.0 Å². The van der Waals surface area contributed by atoms with Gasteiger partial charge in [-0.1, -0.05) is 24.3 Å². The van der Waals surface area contributed by atoms with E-state index in [0.717, 1.165) is 16.5 Å². The van der Waals surface area contributed by atoms with Gasteiger partial charge >= 0.3 is 0 Å². The topological polar surface area (TPSA) is 60.3 Å². The summed E-state index contributed by atoms with van der Waals surface area (Å²) in [6, 6.07) is 14.7. The molecule has 0 fully saturated rings. The van der Waals surface area contributed by atoms with Crippen LogP contribution in [0.3, 0.4) is 0 Å². The fourth-order valence-corrected chi connectivity index (χ4v) is 2.75. The standard InChI is InChI=1S/C20H19FN2O3/c1-2-23-17-6-4-3-5-16(17)18(11-20(23)25)26-13-19(24)22-12-14-7-9-15(21)10-8-14/h3-11H,2,12-13H2,1H3,(H,22,24). The molecule has 2 aromatic carbocycles. The van der Waals surface area contributed by atoms with E-state index in [1.165, 1.54) is 18.2 Å². The third-order valence-corrected chi connectivity index (χ3v) is 4.06. The molecule has 0 aliphatic rings. The van der Waals surface area contributed by atoms with Crippen LogP contribution >= 0.6 is 0 Å². The molecule has 1 N–H and O–H groups in total. The van der Waals surface area contributed by atoms with Gasteiger partial charge in [0.25, 0.3) is 11.5 Å². The van der Waals surface area contributed by atoms with Gasteiger partial charge in [-0.3, -0.25) is 9.59 Å². The molecule has 3 rings (SSSR count). The summed E-state index contributed by atoms with van der Waals surface area (Å²) >= 11 is 0. The summed E-state index contributed by atoms with van der Waals surface area (Å²) in [6.07, 6.45) is 0. The molecule has 6 heteroatoms. The maximum Gasteiger partial charge on any atom is 0.258 e. The minimum absolute atomic E-state index is 0.173. The Morgan fingerprint density at radius 2 is 1.88 bits per heavy atom. The average Bonchev–Trinajstić information content (AvgIpc) is 2.65. The van der Waals surface area contributed by atoms with Crippen LogP contribution in [0.5, 0.6) is 5.75 Å². The second kappa shape index (κ2) is 7.82. The van der Waals surface area contributed by atoms with Crippen LogP contribution in [-0.2, 0) is 17.9 Å². The highest BCUT2D eigenvalue weighted by atomic mass is 19.1. The summed E-state index contributed by atoms with van der Waals surface area (Å²) in [6.45, 7) is 2.52. The minimum Gasteiger partial charge on any atom is -0.483 e. The number of aromatic nitrogens is 1. The molecule has 3 aromatic rings. The SMILES string of the molecule is CCn1c(=O)cc(OCC(=O)NCc2ccc(F)cc2)c2ccccc21. The summed E-state index contributed by atoms with van der Waals surface area (Å²) in [5.41, 5.74) is 1.38. The molecule has 0 unspecified atom stereocenters. The van der Waals surface area contributed by atoms with Crippen molar-refractivity contribution in [3.8, 4) is 5.75 Å². The maximum absolute atomic E-state index is 12.9. The van der Waals surface area contributed by atoms with E-state index in [-0.39, 0.29) is 30.4 Å². The number of amides is 1. The number of nitrogens with zero attached hydrogens (tertiary/aromatic N) is 1. The number of benzene rings is 2. The monoisotopic (exact) mass is 354 g/mol. The second-order valence-electron chi connectivity index (χ2n) is 5.80. The van der Waals surface area contributed by atoms with Gasteiger partial charge in [-0.15, -0.1) is 0 Å². The molecule has 1 amide bonds. The lowest BCUT2D eigenvalue weighted by atomic mass is 10.2. The number of rotatable bonds is 6.